The molecule has 0 radical (unpaired) electrons. The van der Waals surface area contributed by atoms with Crippen molar-refractivity contribution in [3.8, 4) is 0 Å². The van der Waals surface area contributed by atoms with Crippen LogP contribution >= 0.6 is 11.6 Å². The van der Waals surface area contributed by atoms with Crippen molar-refractivity contribution >= 4 is 35.1 Å². The minimum absolute atomic E-state index is 0.0586. The first-order valence-electron chi connectivity index (χ1n) is 9.68. The second kappa shape index (κ2) is 10.5. The summed E-state index contributed by atoms with van der Waals surface area (Å²) in [5.74, 6) is -2.47. The van der Waals surface area contributed by atoms with Gasteiger partial charge in [0.25, 0.3) is 11.8 Å². The highest BCUT2D eigenvalue weighted by Gasteiger charge is 2.16. The van der Waals surface area contributed by atoms with Crippen molar-refractivity contribution < 1.29 is 23.5 Å². The molecule has 6 nitrogen and oxygen atoms in total. The lowest BCUT2D eigenvalue weighted by Crippen LogP contribution is -2.26. The van der Waals surface area contributed by atoms with E-state index in [4.69, 9.17) is 16.3 Å². The molecule has 2 N–H and O–H groups in total. The highest BCUT2D eigenvalue weighted by Crippen LogP contribution is 2.19. The number of esters is 1. The van der Waals surface area contributed by atoms with Gasteiger partial charge in [0.1, 0.15) is 5.82 Å². The molecule has 0 atom stereocenters. The molecule has 0 heterocycles. The van der Waals surface area contributed by atoms with E-state index < -0.39 is 24.3 Å². The Balaban J connectivity index is 1.58. The van der Waals surface area contributed by atoms with Gasteiger partial charge in [-0.05, 0) is 42.8 Å². The third-order valence-electron chi connectivity index (χ3n) is 4.50. The number of benzene rings is 3. The van der Waals surface area contributed by atoms with Crippen molar-refractivity contribution in [1.29, 1.82) is 0 Å². The highest BCUT2D eigenvalue weighted by molar-refractivity contribution is 6.33. The van der Waals surface area contributed by atoms with Crippen LogP contribution < -0.4 is 10.6 Å². The molecule has 0 aliphatic rings. The van der Waals surface area contributed by atoms with Crippen LogP contribution in [0.1, 0.15) is 31.8 Å². The van der Waals surface area contributed by atoms with Gasteiger partial charge in [0.2, 0.25) is 0 Å². The van der Waals surface area contributed by atoms with E-state index in [2.05, 4.69) is 10.6 Å². The largest absolute Gasteiger partial charge is 0.452 e. The summed E-state index contributed by atoms with van der Waals surface area (Å²) in [4.78, 5) is 36.9. The second-order valence-corrected chi connectivity index (χ2v) is 7.37. The van der Waals surface area contributed by atoms with Gasteiger partial charge < -0.3 is 15.4 Å². The number of rotatable bonds is 7. The maximum absolute atomic E-state index is 13.1. The summed E-state index contributed by atoms with van der Waals surface area (Å²) in [6.07, 6.45) is 0. The molecule has 0 unspecified atom stereocenters. The molecule has 32 heavy (non-hydrogen) atoms. The van der Waals surface area contributed by atoms with Gasteiger partial charge in [0.05, 0.1) is 21.8 Å². The number of aryl methyl sites for hydroxylation is 1. The normalized spacial score (nSPS) is 10.3. The fourth-order valence-corrected chi connectivity index (χ4v) is 3.07. The Morgan fingerprint density at radius 2 is 1.69 bits per heavy atom. The van der Waals surface area contributed by atoms with Gasteiger partial charge in [-0.15, -0.1) is 0 Å². The predicted octanol–water partition coefficient (Wildman–Crippen LogP) is 4.51. The Labute approximate surface area is 189 Å². The Kier molecular flexibility index (Phi) is 7.57. The zero-order chi connectivity index (χ0) is 23.1. The van der Waals surface area contributed by atoms with E-state index in [9.17, 15) is 18.8 Å². The maximum Gasteiger partial charge on any atom is 0.340 e. The minimum Gasteiger partial charge on any atom is -0.452 e. The minimum atomic E-state index is -0.866. The van der Waals surface area contributed by atoms with Crippen LogP contribution in [0.25, 0.3) is 0 Å². The Bertz CT molecular complexity index is 1150. The standard InChI is InChI=1S/C24H20ClFN2O4/c1-15-6-8-16(9-7-15)13-27-23(30)19-4-2-3-5-21(19)28-22(29)14-32-24(31)18-11-10-17(26)12-20(18)25/h2-12H,13-14H2,1H3,(H,27,30)(H,28,29). The van der Waals surface area contributed by atoms with Crippen molar-refractivity contribution in [3.63, 3.8) is 0 Å². The van der Waals surface area contributed by atoms with Crippen molar-refractivity contribution in [1.82, 2.24) is 5.32 Å². The first-order valence-corrected chi connectivity index (χ1v) is 10.1. The number of ether oxygens (including phenoxy) is 1. The Hall–Kier alpha value is -3.71. The van der Waals surface area contributed by atoms with Gasteiger partial charge in [-0.1, -0.05) is 53.6 Å². The fraction of sp³-hybridized carbons (Fsp3) is 0.125. The lowest BCUT2D eigenvalue weighted by Gasteiger charge is -2.12. The van der Waals surface area contributed by atoms with E-state index in [1.807, 2.05) is 31.2 Å². The van der Waals surface area contributed by atoms with Crippen molar-refractivity contribution in [2.75, 3.05) is 11.9 Å². The van der Waals surface area contributed by atoms with E-state index in [0.717, 1.165) is 23.3 Å². The molecule has 0 bridgehead atoms. The number of carbonyl (C=O) groups is 3. The molecule has 0 saturated carbocycles. The SMILES string of the molecule is Cc1ccc(CNC(=O)c2ccccc2NC(=O)COC(=O)c2ccc(F)cc2Cl)cc1. The monoisotopic (exact) mass is 454 g/mol. The summed E-state index contributed by atoms with van der Waals surface area (Å²) in [7, 11) is 0. The van der Waals surface area contributed by atoms with Crippen LogP contribution in [0, 0.1) is 12.7 Å². The zero-order valence-electron chi connectivity index (χ0n) is 17.2. The maximum atomic E-state index is 13.1. The van der Waals surface area contributed by atoms with Crippen LogP contribution in [0.15, 0.2) is 66.7 Å². The number of nitrogens with one attached hydrogen (secondary N) is 2. The molecule has 3 aromatic carbocycles. The fourth-order valence-electron chi connectivity index (χ4n) is 2.82. The van der Waals surface area contributed by atoms with E-state index in [1.54, 1.807) is 24.3 Å². The van der Waals surface area contributed by atoms with Gasteiger partial charge in [0.15, 0.2) is 6.61 Å². The summed E-state index contributed by atoms with van der Waals surface area (Å²) in [5.41, 5.74) is 2.54. The summed E-state index contributed by atoms with van der Waals surface area (Å²) < 4.78 is 18.0. The first-order chi connectivity index (χ1) is 15.3. The van der Waals surface area contributed by atoms with E-state index in [-0.39, 0.29) is 27.7 Å². The zero-order valence-corrected chi connectivity index (χ0v) is 17.9. The average molecular weight is 455 g/mol. The number of halogens is 2. The van der Waals surface area contributed by atoms with E-state index >= 15 is 0 Å². The molecular weight excluding hydrogens is 435 g/mol. The average Bonchev–Trinajstić information content (AvgIpc) is 2.77. The summed E-state index contributed by atoms with van der Waals surface area (Å²) in [6, 6.07) is 17.4. The molecule has 3 aromatic rings. The third kappa shape index (κ3) is 6.15. The molecule has 3 rings (SSSR count). The topological polar surface area (TPSA) is 84.5 Å². The lowest BCUT2D eigenvalue weighted by atomic mass is 10.1. The first kappa shape index (κ1) is 23.0. The Morgan fingerprint density at radius 1 is 0.969 bits per heavy atom. The summed E-state index contributed by atoms with van der Waals surface area (Å²) >= 11 is 5.82. The predicted molar refractivity (Wildman–Crippen MR) is 119 cm³/mol. The van der Waals surface area contributed by atoms with Crippen molar-refractivity contribution in [3.05, 3.63) is 99.8 Å². The van der Waals surface area contributed by atoms with Crippen LogP contribution in [0.3, 0.4) is 0 Å². The van der Waals surface area contributed by atoms with Gasteiger partial charge in [-0.2, -0.15) is 0 Å². The van der Waals surface area contributed by atoms with Crippen LogP contribution in [-0.2, 0) is 16.1 Å². The van der Waals surface area contributed by atoms with E-state index in [1.165, 1.54) is 6.07 Å². The lowest BCUT2D eigenvalue weighted by molar-refractivity contribution is -0.119. The van der Waals surface area contributed by atoms with Gasteiger partial charge in [0, 0.05) is 6.54 Å². The van der Waals surface area contributed by atoms with Gasteiger partial charge in [-0.25, -0.2) is 9.18 Å². The molecule has 0 aromatic heterocycles. The van der Waals surface area contributed by atoms with Crippen LogP contribution in [-0.4, -0.2) is 24.4 Å². The number of anilines is 1. The molecule has 8 heteroatoms. The molecule has 0 spiro atoms. The molecule has 164 valence electrons. The number of hydrogen-bond acceptors (Lipinski definition) is 4. The molecule has 0 saturated heterocycles. The summed E-state index contributed by atoms with van der Waals surface area (Å²) in [5, 5.41) is 5.25. The smallest absolute Gasteiger partial charge is 0.340 e. The number of hydrogen-bond donors (Lipinski definition) is 2. The molecular formula is C24H20ClFN2O4. The van der Waals surface area contributed by atoms with Crippen LogP contribution in [0.2, 0.25) is 5.02 Å². The molecule has 0 aliphatic heterocycles. The van der Waals surface area contributed by atoms with E-state index in [0.29, 0.717) is 6.54 Å². The van der Waals surface area contributed by atoms with Gasteiger partial charge in [-0.3, -0.25) is 9.59 Å². The van der Waals surface area contributed by atoms with Crippen LogP contribution in [0.5, 0.6) is 0 Å². The quantitative estimate of drug-likeness (QED) is 0.514. The highest BCUT2D eigenvalue weighted by atomic mass is 35.5. The third-order valence-corrected chi connectivity index (χ3v) is 4.82. The molecule has 0 fully saturated rings. The number of para-hydroxylation sites is 1. The molecule has 2 amide bonds. The number of amides is 2. The second-order valence-electron chi connectivity index (χ2n) is 6.96. The van der Waals surface area contributed by atoms with Crippen molar-refractivity contribution in [2.45, 2.75) is 13.5 Å². The van der Waals surface area contributed by atoms with Crippen molar-refractivity contribution in [2.24, 2.45) is 0 Å². The Morgan fingerprint density at radius 3 is 2.41 bits per heavy atom. The summed E-state index contributed by atoms with van der Waals surface area (Å²) in [6.45, 7) is 1.70. The molecule has 0 aliphatic carbocycles. The van der Waals surface area contributed by atoms with Gasteiger partial charge >= 0.3 is 5.97 Å². The van der Waals surface area contributed by atoms with Crippen LogP contribution in [0.4, 0.5) is 10.1 Å². The number of carbonyl (C=O) groups excluding carboxylic acids is 3.